The highest BCUT2D eigenvalue weighted by atomic mass is 19.3. The van der Waals surface area contributed by atoms with Gasteiger partial charge >= 0.3 is 6.61 Å². The molecule has 1 aromatic rings. The molecule has 158 valence electrons. The highest BCUT2D eigenvalue weighted by Gasteiger charge is 2.13. The van der Waals surface area contributed by atoms with Gasteiger partial charge in [0.25, 0.3) is 0 Å². The number of ether oxygens (including phenoxy) is 3. The molecule has 1 saturated heterocycles. The highest BCUT2D eigenvalue weighted by Crippen LogP contribution is 2.22. The Labute approximate surface area is 165 Å². The summed E-state index contributed by atoms with van der Waals surface area (Å²) in [5, 5.41) is 6.33. The van der Waals surface area contributed by atoms with Crippen molar-refractivity contribution < 1.29 is 23.0 Å². The number of rotatable bonds is 10. The zero-order valence-electron chi connectivity index (χ0n) is 16.7. The normalized spacial score (nSPS) is 15.7. The van der Waals surface area contributed by atoms with E-state index in [1.807, 2.05) is 13.0 Å². The van der Waals surface area contributed by atoms with Gasteiger partial charge in [0.2, 0.25) is 0 Å². The molecule has 0 amide bonds. The van der Waals surface area contributed by atoms with E-state index in [4.69, 9.17) is 9.47 Å². The van der Waals surface area contributed by atoms with Gasteiger partial charge in [0.1, 0.15) is 5.75 Å². The summed E-state index contributed by atoms with van der Waals surface area (Å²) in [6.45, 7) is 3.25. The fourth-order valence-electron chi connectivity index (χ4n) is 3.00. The molecule has 1 aliphatic heterocycles. The first kappa shape index (κ1) is 22.4. The molecule has 1 aromatic carbocycles. The summed E-state index contributed by atoms with van der Waals surface area (Å²) in [5.41, 5.74) is 1.63. The molecule has 0 bridgehead atoms. The van der Waals surface area contributed by atoms with E-state index in [9.17, 15) is 8.78 Å². The number of alkyl halides is 2. The number of benzene rings is 1. The van der Waals surface area contributed by atoms with E-state index in [1.165, 1.54) is 0 Å². The third kappa shape index (κ3) is 8.39. The zero-order valence-corrected chi connectivity index (χ0v) is 16.7. The number of nitrogens with zero attached hydrogens (tertiary/aromatic N) is 1. The Balaban J connectivity index is 1.66. The lowest BCUT2D eigenvalue weighted by Crippen LogP contribution is -2.37. The van der Waals surface area contributed by atoms with E-state index in [2.05, 4.69) is 20.4 Å². The van der Waals surface area contributed by atoms with Gasteiger partial charge in [-0.2, -0.15) is 8.78 Å². The minimum absolute atomic E-state index is 0.171. The Morgan fingerprint density at radius 1 is 1.29 bits per heavy atom. The molecule has 1 fully saturated rings. The minimum atomic E-state index is -2.85. The largest absolute Gasteiger partial charge is 0.434 e. The van der Waals surface area contributed by atoms with Crippen LogP contribution in [0.1, 0.15) is 30.4 Å². The van der Waals surface area contributed by atoms with Gasteiger partial charge in [0.15, 0.2) is 5.96 Å². The molecule has 2 N–H and O–H groups in total. The van der Waals surface area contributed by atoms with Crippen molar-refractivity contribution in [1.82, 2.24) is 10.6 Å². The van der Waals surface area contributed by atoms with E-state index < -0.39 is 6.61 Å². The first-order chi connectivity index (χ1) is 13.6. The van der Waals surface area contributed by atoms with Crippen LogP contribution in [0.4, 0.5) is 8.78 Å². The van der Waals surface area contributed by atoms with Crippen LogP contribution in [0.3, 0.4) is 0 Å². The maximum Gasteiger partial charge on any atom is 0.387 e. The van der Waals surface area contributed by atoms with E-state index in [0.29, 0.717) is 37.1 Å². The number of aryl methyl sites for hydroxylation is 1. The molecule has 0 aliphatic carbocycles. The molecule has 0 spiro atoms. The van der Waals surface area contributed by atoms with Crippen molar-refractivity contribution >= 4 is 5.96 Å². The summed E-state index contributed by atoms with van der Waals surface area (Å²) >= 11 is 0. The molecule has 8 heteroatoms. The van der Waals surface area contributed by atoms with Crippen LogP contribution in [0.25, 0.3) is 0 Å². The Bertz CT molecular complexity index is 608. The lowest BCUT2D eigenvalue weighted by Gasteiger charge is -2.21. The van der Waals surface area contributed by atoms with Crippen molar-refractivity contribution in [2.24, 2.45) is 10.9 Å². The highest BCUT2D eigenvalue weighted by molar-refractivity contribution is 5.79. The molecule has 2 rings (SSSR count). The van der Waals surface area contributed by atoms with Crippen molar-refractivity contribution in [2.75, 3.05) is 40.0 Å². The fraction of sp³-hybridized carbons (Fsp3) is 0.650. The van der Waals surface area contributed by atoms with Crippen LogP contribution in [0.15, 0.2) is 23.2 Å². The molecule has 0 radical (unpaired) electrons. The Hall–Kier alpha value is -1.93. The van der Waals surface area contributed by atoms with Gasteiger partial charge in [-0.05, 0) is 38.2 Å². The van der Waals surface area contributed by atoms with Crippen molar-refractivity contribution in [2.45, 2.75) is 39.3 Å². The van der Waals surface area contributed by atoms with Crippen molar-refractivity contribution in [3.63, 3.8) is 0 Å². The quantitative estimate of drug-likeness (QED) is 0.360. The third-order valence-corrected chi connectivity index (χ3v) is 4.55. The van der Waals surface area contributed by atoms with Gasteiger partial charge in [-0.3, -0.25) is 4.99 Å². The van der Waals surface area contributed by atoms with Crippen molar-refractivity contribution in [3.05, 3.63) is 29.3 Å². The number of halogens is 2. The molecule has 1 heterocycles. The van der Waals surface area contributed by atoms with Crippen LogP contribution in [0.2, 0.25) is 0 Å². The smallest absolute Gasteiger partial charge is 0.387 e. The van der Waals surface area contributed by atoms with Gasteiger partial charge in [-0.25, -0.2) is 0 Å². The SMILES string of the molecule is CN=C(NCCCOCC1CCOCC1)NCc1cc(C)ccc1OC(F)F. The maximum absolute atomic E-state index is 12.6. The minimum Gasteiger partial charge on any atom is -0.434 e. The molecule has 0 saturated carbocycles. The molecule has 1 aliphatic rings. The summed E-state index contributed by atoms with van der Waals surface area (Å²) < 4.78 is 40.8. The van der Waals surface area contributed by atoms with Gasteiger partial charge < -0.3 is 24.8 Å². The number of nitrogens with one attached hydrogen (secondary N) is 2. The summed E-state index contributed by atoms with van der Waals surface area (Å²) in [4.78, 5) is 4.16. The predicted octanol–water partition coefficient (Wildman–Crippen LogP) is 3.09. The van der Waals surface area contributed by atoms with E-state index in [0.717, 1.165) is 44.6 Å². The summed E-state index contributed by atoms with van der Waals surface area (Å²) in [7, 11) is 1.67. The molecule has 0 unspecified atom stereocenters. The maximum atomic E-state index is 12.6. The summed E-state index contributed by atoms with van der Waals surface area (Å²) in [5.74, 6) is 1.38. The van der Waals surface area contributed by atoms with Crippen LogP contribution in [-0.4, -0.2) is 52.6 Å². The molecule has 0 atom stereocenters. The lowest BCUT2D eigenvalue weighted by molar-refractivity contribution is -0.0504. The van der Waals surface area contributed by atoms with Crippen LogP contribution in [-0.2, 0) is 16.0 Å². The fourth-order valence-corrected chi connectivity index (χ4v) is 3.00. The lowest BCUT2D eigenvalue weighted by atomic mass is 10.0. The van der Waals surface area contributed by atoms with Crippen LogP contribution >= 0.6 is 0 Å². The average molecular weight is 399 g/mol. The Morgan fingerprint density at radius 2 is 2.07 bits per heavy atom. The molecule has 6 nitrogen and oxygen atoms in total. The first-order valence-corrected chi connectivity index (χ1v) is 9.73. The first-order valence-electron chi connectivity index (χ1n) is 9.73. The summed E-state index contributed by atoms with van der Waals surface area (Å²) in [6, 6.07) is 5.13. The molecule has 28 heavy (non-hydrogen) atoms. The van der Waals surface area contributed by atoms with Crippen molar-refractivity contribution in [1.29, 1.82) is 0 Å². The summed E-state index contributed by atoms with van der Waals surface area (Å²) in [6.07, 6.45) is 3.00. The molecule has 0 aromatic heterocycles. The average Bonchev–Trinajstić information content (AvgIpc) is 2.69. The number of hydrogen-bond donors (Lipinski definition) is 2. The van der Waals surface area contributed by atoms with Gasteiger partial charge in [-0.1, -0.05) is 17.7 Å². The van der Waals surface area contributed by atoms with Crippen LogP contribution in [0, 0.1) is 12.8 Å². The standard InChI is InChI=1S/C20H31F2N3O3/c1-15-4-5-18(28-19(21)22)17(12-15)13-25-20(23-2)24-8-3-9-27-14-16-6-10-26-11-7-16/h4-5,12,16,19H,3,6-11,13-14H2,1-2H3,(H2,23,24,25). The molecular weight excluding hydrogens is 368 g/mol. The zero-order chi connectivity index (χ0) is 20.2. The van der Waals surface area contributed by atoms with Crippen molar-refractivity contribution in [3.8, 4) is 5.75 Å². The second kappa shape index (κ2) is 12.5. The third-order valence-electron chi connectivity index (χ3n) is 4.55. The van der Waals surface area contributed by atoms with Gasteiger partial charge in [-0.15, -0.1) is 0 Å². The van der Waals surface area contributed by atoms with Crippen LogP contribution < -0.4 is 15.4 Å². The molecular formula is C20H31F2N3O3. The van der Waals surface area contributed by atoms with E-state index in [-0.39, 0.29) is 5.75 Å². The number of hydrogen-bond acceptors (Lipinski definition) is 4. The van der Waals surface area contributed by atoms with Crippen LogP contribution in [0.5, 0.6) is 5.75 Å². The monoisotopic (exact) mass is 399 g/mol. The second-order valence-corrected chi connectivity index (χ2v) is 6.83. The number of aliphatic imine (C=N–C) groups is 1. The Kier molecular flexibility index (Phi) is 9.99. The van der Waals surface area contributed by atoms with E-state index in [1.54, 1.807) is 19.2 Å². The topological polar surface area (TPSA) is 64.1 Å². The predicted molar refractivity (Wildman–Crippen MR) is 105 cm³/mol. The second-order valence-electron chi connectivity index (χ2n) is 6.83. The van der Waals surface area contributed by atoms with E-state index >= 15 is 0 Å². The van der Waals surface area contributed by atoms with Gasteiger partial charge in [0.05, 0.1) is 0 Å². The number of guanidine groups is 1. The van der Waals surface area contributed by atoms with Gasteiger partial charge in [0, 0.05) is 52.1 Å². The Morgan fingerprint density at radius 3 is 2.79 bits per heavy atom.